The van der Waals surface area contributed by atoms with Crippen LogP contribution in [-0.4, -0.2) is 37.1 Å². The van der Waals surface area contributed by atoms with E-state index in [2.05, 4.69) is 17.0 Å². The summed E-state index contributed by atoms with van der Waals surface area (Å²) in [4.78, 5) is 2.46. The van der Waals surface area contributed by atoms with Crippen LogP contribution in [-0.2, 0) is 0 Å². The van der Waals surface area contributed by atoms with Gasteiger partial charge in [0.25, 0.3) is 0 Å². The Morgan fingerprint density at radius 3 is 2.56 bits per heavy atom. The zero-order chi connectivity index (χ0) is 12.4. The average molecular weight is 268 g/mol. The van der Waals surface area contributed by atoms with Crippen molar-refractivity contribution in [1.29, 1.82) is 0 Å². The van der Waals surface area contributed by atoms with Gasteiger partial charge in [-0.25, -0.2) is 0 Å². The van der Waals surface area contributed by atoms with Crippen LogP contribution in [0.4, 0.5) is 0 Å². The van der Waals surface area contributed by atoms with Crippen LogP contribution in [0.3, 0.4) is 0 Å². The van der Waals surface area contributed by atoms with Crippen LogP contribution in [0.5, 0.6) is 11.5 Å². The highest BCUT2D eigenvalue weighted by atomic mass is 35.5. The minimum absolute atomic E-state index is 0.296. The van der Waals surface area contributed by atoms with E-state index in [-0.39, 0.29) is 0 Å². The fraction of sp³-hybridized carbons (Fsp3) is 0.571. The van der Waals surface area contributed by atoms with Gasteiger partial charge in [-0.15, -0.1) is 11.6 Å². The molecular formula is C14H18ClNO2. The van der Waals surface area contributed by atoms with Crippen LogP contribution in [0.1, 0.15) is 24.4 Å². The number of halogens is 1. The summed E-state index contributed by atoms with van der Waals surface area (Å²) in [6.45, 7) is 3.56. The Morgan fingerprint density at radius 1 is 1.11 bits per heavy atom. The number of alkyl halides is 1. The molecule has 4 heteroatoms. The smallest absolute Gasteiger partial charge is 0.161 e. The van der Waals surface area contributed by atoms with E-state index in [1.54, 1.807) is 0 Å². The summed E-state index contributed by atoms with van der Waals surface area (Å²) in [7, 11) is 0. The molecule has 0 radical (unpaired) electrons. The van der Waals surface area contributed by atoms with Crippen molar-refractivity contribution in [1.82, 2.24) is 4.90 Å². The molecule has 0 amide bonds. The van der Waals surface area contributed by atoms with Crippen LogP contribution in [0.25, 0.3) is 0 Å². The average Bonchev–Trinajstić information content (AvgIpc) is 2.93. The number of likely N-dealkylation sites (tertiary alicyclic amines) is 1. The first-order valence-electron chi connectivity index (χ1n) is 6.58. The Hall–Kier alpha value is -0.930. The van der Waals surface area contributed by atoms with Crippen LogP contribution >= 0.6 is 11.6 Å². The number of fused-ring (bicyclic) bond motifs is 1. The van der Waals surface area contributed by atoms with Gasteiger partial charge in [-0.3, -0.25) is 4.90 Å². The van der Waals surface area contributed by atoms with Gasteiger partial charge in [-0.1, -0.05) is 6.07 Å². The summed E-state index contributed by atoms with van der Waals surface area (Å²) in [5.74, 6) is 2.33. The lowest BCUT2D eigenvalue weighted by Crippen LogP contribution is -2.27. The Kier molecular flexibility index (Phi) is 3.62. The molecule has 0 N–H and O–H groups in total. The topological polar surface area (TPSA) is 21.7 Å². The number of ether oxygens (including phenoxy) is 2. The first-order valence-corrected chi connectivity index (χ1v) is 7.11. The predicted octanol–water partition coefficient (Wildman–Crippen LogP) is 2.83. The second-order valence-corrected chi connectivity index (χ2v) is 5.12. The number of hydrogen-bond acceptors (Lipinski definition) is 3. The van der Waals surface area contributed by atoms with E-state index < -0.39 is 0 Å². The fourth-order valence-electron chi connectivity index (χ4n) is 2.72. The Labute approximate surface area is 113 Å². The van der Waals surface area contributed by atoms with E-state index >= 15 is 0 Å². The van der Waals surface area contributed by atoms with E-state index in [4.69, 9.17) is 21.1 Å². The summed E-state index contributed by atoms with van der Waals surface area (Å²) in [6, 6.07) is 6.49. The molecule has 0 saturated carbocycles. The zero-order valence-corrected chi connectivity index (χ0v) is 11.2. The van der Waals surface area contributed by atoms with Crippen molar-refractivity contribution in [3.63, 3.8) is 0 Å². The molecule has 1 aromatic rings. The van der Waals surface area contributed by atoms with Gasteiger partial charge >= 0.3 is 0 Å². The quantitative estimate of drug-likeness (QED) is 0.786. The molecule has 0 aromatic heterocycles. The molecule has 1 atom stereocenters. The number of benzene rings is 1. The lowest BCUT2D eigenvalue weighted by Gasteiger charge is -2.27. The van der Waals surface area contributed by atoms with E-state index in [9.17, 15) is 0 Å². The van der Waals surface area contributed by atoms with Crippen molar-refractivity contribution in [2.75, 3.05) is 32.2 Å². The van der Waals surface area contributed by atoms with Crippen molar-refractivity contribution in [2.24, 2.45) is 0 Å². The van der Waals surface area contributed by atoms with Gasteiger partial charge in [-0.2, -0.15) is 0 Å². The van der Waals surface area contributed by atoms with Gasteiger partial charge in [-0.05, 0) is 43.6 Å². The summed E-state index contributed by atoms with van der Waals surface area (Å²) >= 11 is 6.15. The van der Waals surface area contributed by atoms with Gasteiger partial charge in [0.05, 0.1) is 0 Å². The number of hydrogen-bond donors (Lipinski definition) is 0. The molecule has 98 valence electrons. The molecule has 2 aliphatic heterocycles. The molecule has 3 nitrogen and oxygen atoms in total. The first kappa shape index (κ1) is 12.1. The predicted molar refractivity (Wildman–Crippen MR) is 71.7 cm³/mol. The minimum atomic E-state index is 0.296. The minimum Gasteiger partial charge on any atom is -0.486 e. The third-order valence-corrected chi connectivity index (χ3v) is 3.97. The molecule has 1 fully saturated rings. The largest absolute Gasteiger partial charge is 0.486 e. The third kappa shape index (κ3) is 2.29. The molecule has 1 saturated heterocycles. The molecule has 0 aliphatic carbocycles. The molecule has 2 heterocycles. The van der Waals surface area contributed by atoms with Crippen LogP contribution in [0.2, 0.25) is 0 Å². The van der Waals surface area contributed by atoms with Crippen LogP contribution < -0.4 is 9.47 Å². The first-order chi connectivity index (χ1) is 8.88. The molecular weight excluding hydrogens is 250 g/mol. The second kappa shape index (κ2) is 5.37. The Balaban J connectivity index is 1.85. The summed E-state index contributed by atoms with van der Waals surface area (Å²) in [6.07, 6.45) is 2.55. The maximum Gasteiger partial charge on any atom is 0.161 e. The van der Waals surface area contributed by atoms with Crippen LogP contribution in [0.15, 0.2) is 18.2 Å². The SMILES string of the molecule is ClCC(c1ccc2c(c1)OCCO2)N1CCCC1. The van der Waals surface area contributed by atoms with Crippen molar-refractivity contribution < 1.29 is 9.47 Å². The highest BCUT2D eigenvalue weighted by Crippen LogP contribution is 2.35. The summed E-state index contributed by atoms with van der Waals surface area (Å²) in [5.41, 5.74) is 1.23. The maximum absolute atomic E-state index is 6.15. The highest BCUT2D eigenvalue weighted by molar-refractivity contribution is 6.18. The summed E-state index contributed by atoms with van der Waals surface area (Å²) < 4.78 is 11.2. The Bertz CT molecular complexity index is 418. The monoisotopic (exact) mass is 267 g/mol. The number of rotatable bonds is 3. The van der Waals surface area contributed by atoms with Gasteiger partial charge in [0.1, 0.15) is 13.2 Å². The molecule has 0 bridgehead atoms. The molecule has 18 heavy (non-hydrogen) atoms. The van der Waals surface area contributed by atoms with Gasteiger partial charge < -0.3 is 9.47 Å². The van der Waals surface area contributed by atoms with E-state index in [0.717, 1.165) is 24.6 Å². The molecule has 1 unspecified atom stereocenters. The van der Waals surface area contributed by atoms with E-state index in [1.165, 1.54) is 18.4 Å². The molecule has 2 aliphatic rings. The lowest BCUT2D eigenvalue weighted by molar-refractivity contribution is 0.170. The second-order valence-electron chi connectivity index (χ2n) is 4.82. The Morgan fingerprint density at radius 2 is 1.83 bits per heavy atom. The molecule has 0 spiro atoms. The maximum atomic E-state index is 6.15. The molecule has 3 rings (SSSR count). The standard InChI is InChI=1S/C14H18ClNO2/c15-10-12(16-5-1-2-6-16)11-3-4-13-14(9-11)18-8-7-17-13/h3-4,9,12H,1-2,5-8,10H2. The third-order valence-electron chi connectivity index (χ3n) is 3.68. The van der Waals surface area contributed by atoms with Gasteiger partial charge in [0.15, 0.2) is 11.5 Å². The van der Waals surface area contributed by atoms with E-state index in [1.807, 2.05) is 6.07 Å². The van der Waals surface area contributed by atoms with Crippen molar-refractivity contribution in [2.45, 2.75) is 18.9 Å². The van der Waals surface area contributed by atoms with E-state index in [0.29, 0.717) is 25.1 Å². The lowest BCUT2D eigenvalue weighted by atomic mass is 10.1. The summed E-state index contributed by atoms with van der Waals surface area (Å²) in [5, 5.41) is 0. The van der Waals surface area contributed by atoms with Gasteiger partial charge in [0.2, 0.25) is 0 Å². The van der Waals surface area contributed by atoms with Gasteiger partial charge in [0, 0.05) is 11.9 Å². The number of nitrogens with zero attached hydrogens (tertiary/aromatic N) is 1. The fourth-order valence-corrected chi connectivity index (χ4v) is 3.09. The van der Waals surface area contributed by atoms with Crippen molar-refractivity contribution >= 4 is 11.6 Å². The van der Waals surface area contributed by atoms with Crippen LogP contribution in [0, 0.1) is 0 Å². The normalized spacial score (nSPS) is 20.9. The van der Waals surface area contributed by atoms with Crippen molar-refractivity contribution in [3.8, 4) is 11.5 Å². The highest BCUT2D eigenvalue weighted by Gasteiger charge is 2.24. The van der Waals surface area contributed by atoms with Crippen molar-refractivity contribution in [3.05, 3.63) is 23.8 Å². The molecule has 1 aromatic carbocycles. The zero-order valence-electron chi connectivity index (χ0n) is 10.4.